The Labute approximate surface area is 209 Å². The molecule has 11 heteroatoms. The summed E-state index contributed by atoms with van der Waals surface area (Å²) in [4.78, 5) is 25.8. The number of hydrogen-bond donors (Lipinski definition) is 3. The number of amides is 1. The zero-order valence-electron chi connectivity index (χ0n) is 20.4. The van der Waals surface area contributed by atoms with E-state index in [9.17, 15) is 9.90 Å². The van der Waals surface area contributed by atoms with Crippen LogP contribution in [0.2, 0.25) is 5.15 Å². The van der Waals surface area contributed by atoms with Crippen LogP contribution in [0.1, 0.15) is 35.2 Å². The number of halogens is 1. The van der Waals surface area contributed by atoms with Crippen molar-refractivity contribution in [1.29, 1.82) is 0 Å². The lowest BCUT2D eigenvalue weighted by molar-refractivity contribution is 0.145. The summed E-state index contributed by atoms with van der Waals surface area (Å²) >= 11 is 6.42. The summed E-state index contributed by atoms with van der Waals surface area (Å²) in [6, 6.07) is 0. The first-order valence-corrected chi connectivity index (χ1v) is 11.6. The second kappa shape index (κ2) is 11.7. The number of carboxylic acid groups (broad SMARTS) is 1. The lowest BCUT2D eigenvalue weighted by Crippen LogP contribution is -2.35. The van der Waals surface area contributed by atoms with Crippen molar-refractivity contribution in [2.75, 3.05) is 39.5 Å². The molecule has 186 valence electrons. The predicted molar refractivity (Wildman–Crippen MR) is 136 cm³/mol. The fraction of sp³-hybridized carbons (Fsp3) is 0.417. The summed E-state index contributed by atoms with van der Waals surface area (Å²) in [5.41, 5.74) is 9.84. The van der Waals surface area contributed by atoms with Crippen LogP contribution >= 0.6 is 11.6 Å². The molecule has 0 fully saturated rings. The fourth-order valence-corrected chi connectivity index (χ4v) is 4.11. The largest absolute Gasteiger partial charge is 0.496 e. The monoisotopic (exact) mass is 499 g/mol. The molecule has 0 saturated carbocycles. The molecule has 3 heterocycles. The van der Waals surface area contributed by atoms with Crippen LogP contribution in [0.4, 0.5) is 10.7 Å². The van der Waals surface area contributed by atoms with Gasteiger partial charge in [-0.15, -0.1) is 0 Å². The molecule has 1 amide bonds. The lowest BCUT2D eigenvalue weighted by atomic mass is 10.1. The van der Waals surface area contributed by atoms with E-state index in [0.29, 0.717) is 55.6 Å². The molecule has 0 aliphatic rings. The quantitative estimate of drug-likeness (QED) is 0.232. The maximum atomic E-state index is 11.3. The minimum absolute atomic E-state index is 0.0721. The van der Waals surface area contributed by atoms with Crippen LogP contribution in [-0.4, -0.2) is 69.4 Å². The van der Waals surface area contributed by atoms with Crippen molar-refractivity contribution >= 4 is 34.7 Å². The highest BCUT2D eigenvalue weighted by Crippen LogP contribution is 2.29. The Morgan fingerprint density at radius 1 is 1.34 bits per heavy atom. The Balaban J connectivity index is 1.86. The molecular formula is C24H30ClN7O3. The maximum Gasteiger partial charge on any atom is 0.407 e. The number of likely N-dealkylation sites (N-methyl/N-ethyl adjacent to an activating group) is 1. The number of rotatable bonds is 9. The van der Waals surface area contributed by atoms with E-state index in [1.54, 1.807) is 20.4 Å². The molecule has 3 aromatic rings. The first-order valence-electron chi connectivity index (χ1n) is 11.2. The minimum Gasteiger partial charge on any atom is -0.496 e. The summed E-state index contributed by atoms with van der Waals surface area (Å²) in [7, 11) is 3.43. The van der Waals surface area contributed by atoms with Gasteiger partial charge in [-0.25, -0.2) is 9.78 Å². The molecule has 4 N–H and O–H groups in total. The van der Waals surface area contributed by atoms with Gasteiger partial charge in [0.1, 0.15) is 16.5 Å². The van der Waals surface area contributed by atoms with E-state index in [4.69, 9.17) is 22.1 Å². The summed E-state index contributed by atoms with van der Waals surface area (Å²) < 4.78 is 7.43. The molecule has 0 unspecified atom stereocenters. The number of nitrogen functional groups attached to an aromatic ring is 1. The number of methoxy groups -OCH3 is 1. The zero-order valence-corrected chi connectivity index (χ0v) is 21.1. The molecular weight excluding hydrogens is 470 g/mol. The van der Waals surface area contributed by atoms with E-state index in [1.807, 2.05) is 24.6 Å². The Morgan fingerprint density at radius 3 is 2.80 bits per heavy atom. The standard InChI is InChI=1S/C24H30ClN7O3/c1-15-12-28-18(16(2)20(15)35-4)14-32-13-17(19-21(25)29-23(26)30-22(19)32)8-6-5-7-10-31(24(33)34)11-9-27-3/h12-13,27H,5,7,9-11,14H2,1-4H3,(H,33,34)(H2,26,29,30). The number of nitrogens with one attached hydrogen (secondary N) is 1. The van der Waals surface area contributed by atoms with Gasteiger partial charge in [-0.1, -0.05) is 23.4 Å². The molecule has 0 bridgehead atoms. The van der Waals surface area contributed by atoms with Crippen LogP contribution < -0.4 is 15.8 Å². The summed E-state index contributed by atoms with van der Waals surface area (Å²) in [5, 5.41) is 13.1. The number of pyridine rings is 1. The number of anilines is 1. The van der Waals surface area contributed by atoms with Gasteiger partial charge in [0.15, 0.2) is 0 Å². The van der Waals surface area contributed by atoms with Crippen LogP contribution in [0, 0.1) is 25.7 Å². The lowest BCUT2D eigenvalue weighted by Gasteiger charge is -2.18. The van der Waals surface area contributed by atoms with E-state index in [1.165, 1.54) is 4.90 Å². The predicted octanol–water partition coefficient (Wildman–Crippen LogP) is 3.07. The van der Waals surface area contributed by atoms with Gasteiger partial charge < -0.3 is 30.4 Å². The minimum atomic E-state index is -0.936. The van der Waals surface area contributed by atoms with E-state index < -0.39 is 6.09 Å². The number of ether oxygens (including phenoxy) is 1. The Morgan fingerprint density at radius 2 is 2.11 bits per heavy atom. The molecule has 35 heavy (non-hydrogen) atoms. The molecule has 0 aliphatic heterocycles. The summed E-state index contributed by atoms with van der Waals surface area (Å²) in [6.45, 7) is 5.78. The molecule has 0 aliphatic carbocycles. The number of nitrogens with two attached hydrogens (primary N) is 1. The highest BCUT2D eigenvalue weighted by Gasteiger charge is 2.17. The third kappa shape index (κ3) is 6.12. The van der Waals surface area contributed by atoms with Gasteiger partial charge in [-0.2, -0.15) is 4.98 Å². The highest BCUT2D eigenvalue weighted by atomic mass is 35.5. The molecule has 10 nitrogen and oxygen atoms in total. The van der Waals surface area contributed by atoms with Gasteiger partial charge in [-0.05, 0) is 27.3 Å². The Bertz CT molecular complexity index is 1280. The molecule has 0 saturated heterocycles. The molecule has 0 aromatic carbocycles. The van der Waals surface area contributed by atoms with E-state index in [0.717, 1.165) is 22.6 Å². The van der Waals surface area contributed by atoms with E-state index >= 15 is 0 Å². The topological polar surface area (TPSA) is 131 Å². The van der Waals surface area contributed by atoms with Crippen LogP contribution in [0.15, 0.2) is 12.4 Å². The molecule has 0 radical (unpaired) electrons. The second-order valence-corrected chi connectivity index (χ2v) is 8.42. The van der Waals surface area contributed by atoms with Crippen LogP contribution in [0.3, 0.4) is 0 Å². The van der Waals surface area contributed by atoms with Crippen molar-refractivity contribution in [3.8, 4) is 17.6 Å². The number of aryl methyl sites for hydroxylation is 1. The van der Waals surface area contributed by atoms with Gasteiger partial charge in [0, 0.05) is 49.6 Å². The summed E-state index contributed by atoms with van der Waals surface area (Å²) in [6.07, 6.45) is 3.85. The number of fused-ring (bicyclic) bond motifs is 1. The number of hydrogen-bond acceptors (Lipinski definition) is 7. The summed E-state index contributed by atoms with van der Waals surface area (Å²) in [5.74, 6) is 7.14. The molecule has 0 atom stereocenters. The normalized spacial score (nSPS) is 10.8. The van der Waals surface area contributed by atoms with E-state index in [-0.39, 0.29) is 11.1 Å². The average Bonchev–Trinajstić information content (AvgIpc) is 3.14. The average molecular weight is 500 g/mol. The van der Waals surface area contributed by atoms with Gasteiger partial charge in [0.05, 0.1) is 30.3 Å². The van der Waals surface area contributed by atoms with Crippen molar-refractivity contribution in [2.24, 2.45) is 0 Å². The number of nitrogens with zero attached hydrogens (tertiary/aromatic N) is 5. The van der Waals surface area contributed by atoms with Crippen molar-refractivity contribution in [2.45, 2.75) is 33.2 Å². The molecule has 3 aromatic heterocycles. The number of carbonyl (C=O) groups is 1. The van der Waals surface area contributed by atoms with Crippen molar-refractivity contribution in [3.05, 3.63) is 39.9 Å². The van der Waals surface area contributed by atoms with Crippen LogP contribution in [0.5, 0.6) is 5.75 Å². The highest BCUT2D eigenvalue weighted by molar-refractivity contribution is 6.34. The Hall–Kier alpha value is -3.55. The van der Waals surface area contributed by atoms with Crippen molar-refractivity contribution in [3.63, 3.8) is 0 Å². The third-order valence-corrected chi connectivity index (χ3v) is 5.89. The number of aromatic nitrogens is 4. The van der Waals surface area contributed by atoms with Crippen LogP contribution in [-0.2, 0) is 6.54 Å². The maximum absolute atomic E-state index is 11.3. The van der Waals surface area contributed by atoms with Gasteiger partial charge >= 0.3 is 6.09 Å². The van der Waals surface area contributed by atoms with Gasteiger partial charge in [-0.3, -0.25) is 4.98 Å². The van der Waals surface area contributed by atoms with E-state index in [2.05, 4.69) is 32.1 Å². The van der Waals surface area contributed by atoms with Crippen molar-refractivity contribution in [1.82, 2.24) is 29.7 Å². The SMILES string of the molecule is CNCCN(CCCC#Cc1cn(Cc2ncc(C)c(OC)c2C)c2nc(N)nc(Cl)c12)C(=O)O. The second-order valence-electron chi connectivity index (χ2n) is 8.07. The third-order valence-electron chi connectivity index (χ3n) is 5.61. The fourth-order valence-electron chi connectivity index (χ4n) is 3.83. The van der Waals surface area contributed by atoms with Gasteiger partial charge in [0.25, 0.3) is 0 Å². The van der Waals surface area contributed by atoms with Gasteiger partial charge in [0.2, 0.25) is 5.95 Å². The van der Waals surface area contributed by atoms with Crippen molar-refractivity contribution < 1.29 is 14.6 Å². The molecule has 3 rings (SSSR count). The smallest absolute Gasteiger partial charge is 0.407 e. The molecule has 0 spiro atoms. The Kier molecular flexibility index (Phi) is 8.73. The zero-order chi connectivity index (χ0) is 25.5. The first-order chi connectivity index (χ1) is 16.8. The number of unbranched alkanes of at least 4 members (excludes halogenated alkanes) is 1. The first kappa shape index (κ1) is 26.1. The van der Waals surface area contributed by atoms with Crippen LogP contribution in [0.25, 0.3) is 11.0 Å².